The number of carbonyl (C=O) groups excluding carboxylic acids is 2. The van der Waals surface area contributed by atoms with Crippen molar-refractivity contribution >= 4 is 18.0 Å². The van der Waals surface area contributed by atoms with Crippen molar-refractivity contribution < 1.29 is 14.3 Å². The monoisotopic (exact) mass is 261 g/mol. The zero-order chi connectivity index (χ0) is 14.3. The highest BCUT2D eigenvalue weighted by molar-refractivity contribution is 5.93. The molecule has 0 aliphatic carbocycles. The molecule has 0 spiro atoms. The molecule has 0 aliphatic rings. The van der Waals surface area contributed by atoms with E-state index in [0.717, 1.165) is 5.56 Å². The highest BCUT2D eigenvalue weighted by Gasteiger charge is 2.12. The highest BCUT2D eigenvalue weighted by Crippen LogP contribution is 2.05. The van der Waals surface area contributed by atoms with Crippen LogP contribution in [-0.4, -0.2) is 37.0 Å². The Kier molecular flexibility index (Phi) is 5.79. The van der Waals surface area contributed by atoms with Gasteiger partial charge >= 0.3 is 5.97 Å². The number of likely N-dealkylation sites (N-methyl/N-ethyl adjacent to an activating group) is 1. The maximum absolute atomic E-state index is 11.9. The van der Waals surface area contributed by atoms with Gasteiger partial charge in [0.05, 0.1) is 7.11 Å². The molecule has 0 aromatic heterocycles. The fourth-order valence-corrected chi connectivity index (χ4v) is 1.52. The minimum atomic E-state index is -0.418. The van der Waals surface area contributed by atoms with Gasteiger partial charge in [0, 0.05) is 12.6 Å². The third kappa shape index (κ3) is 4.95. The summed E-state index contributed by atoms with van der Waals surface area (Å²) >= 11 is 0. The molecule has 1 aromatic carbocycles. The van der Waals surface area contributed by atoms with Crippen LogP contribution in [0.5, 0.6) is 0 Å². The fraction of sp³-hybridized carbons (Fsp3) is 0.333. The van der Waals surface area contributed by atoms with Crippen molar-refractivity contribution in [2.75, 3.05) is 20.2 Å². The van der Waals surface area contributed by atoms with Crippen LogP contribution in [0, 0.1) is 6.92 Å². The van der Waals surface area contributed by atoms with Gasteiger partial charge in [-0.05, 0) is 25.5 Å². The van der Waals surface area contributed by atoms with Gasteiger partial charge in [-0.1, -0.05) is 29.8 Å². The van der Waals surface area contributed by atoms with Crippen LogP contribution in [0.15, 0.2) is 30.3 Å². The average Bonchev–Trinajstić information content (AvgIpc) is 2.43. The van der Waals surface area contributed by atoms with Crippen LogP contribution in [0.2, 0.25) is 0 Å². The molecule has 0 atom stereocenters. The quantitative estimate of drug-likeness (QED) is 0.602. The van der Waals surface area contributed by atoms with Crippen molar-refractivity contribution in [3.8, 4) is 0 Å². The molecule has 0 N–H and O–H groups in total. The molecule has 4 heteroatoms. The molecule has 19 heavy (non-hydrogen) atoms. The number of esters is 1. The van der Waals surface area contributed by atoms with E-state index in [9.17, 15) is 9.59 Å². The summed E-state index contributed by atoms with van der Waals surface area (Å²) in [5.41, 5.74) is 2.12. The van der Waals surface area contributed by atoms with Crippen molar-refractivity contribution in [1.82, 2.24) is 4.90 Å². The van der Waals surface area contributed by atoms with Crippen molar-refractivity contribution in [1.29, 1.82) is 0 Å². The predicted octanol–water partition coefficient (Wildman–Crippen LogP) is 2.03. The lowest BCUT2D eigenvalue weighted by atomic mass is 10.1. The van der Waals surface area contributed by atoms with E-state index in [0.29, 0.717) is 6.54 Å². The smallest absolute Gasteiger partial charge is 0.325 e. The first-order valence-corrected chi connectivity index (χ1v) is 6.17. The third-order valence-corrected chi connectivity index (χ3v) is 2.74. The van der Waals surface area contributed by atoms with E-state index in [1.807, 2.05) is 38.1 Å². The highest BCUT2D eigenvalue weighted by atomic mass is 16.5. The van der Waals surface area contributed by atoms with Gasteiger partial charge in [-0.15, -0.1) is 0 Å². The van der Waals surface area contributed by atoms with Crippen molar-refractivity contribution in [2.45, 2.75) is 13.8 Å². The second kappa shape index (κ2) is 7.36. The van der Waals surface area contributed by atoms with E-state index in [1.54, 1.807) is 6.08 Å². The molecular formula is C15H19NO3. The molecule has 1 rings (SSSR count). The van der Waals surface area contributed by atoms with Gasteiger partial charge < -0.3 is 9.64 Å². The molecule has 0 radical (unpaired) electrons. The summed E-state index contributed by atoms with van der Waals surface area (Å²) in [5.74, 6) is -0.618. The number of hydrogen-bond donors (Lipinski definition) is 0. The van der Waals surface area contributed by atoms with Crippen molar-refractivity contribution in [2.24, 2.45) is 0 Å². The number of benzene rings is 1. The van der Waals surface area contributed by atoms with Crippen LogP contribution >= 0.6 is 0 Å². The summed E-state index contributed by atoms with van der Waals surface area (Å²) in [4.78, 5) is 24.5. The maximum atomic E-state index is 11.9. The van der Waals surface area contributed by atoms with Gasteiger partial charge in [0.1, 0.15) is 6.54 Å². The summed E-state index contributed by atoms with van der Waals surface area (Å²) in [6, 6.07) is 7.85. The van der Waals surface area contributed by atoms with Gasteiger partial charge in [-0.25, -0.2) is 0 Å². The number of hydrogen-bond acceptors (Lipinski definition) is 3. The second-order valence-electron chi connectivity index (χ2n) is 4.17. The topological polar surface area (TPSA) is 46.6 Å². The van der Waals surface area contributed by atoms with Crippen LogP contribution < -0.4 is 0 Å². The molecule has 4 nitrogen and oxygen atoms in total. The van der Waals surface area contributed by atoms with Crippen molar-refractivity contribution in [3.63, 3.8) is 0 Å². The summed E-state index contributed by atoms with van der Waals surface area (Å²) in [7, 11) is 1.31. The average molecular weight is 261 g/mol. The Labute approximate surface area is 113 Å². The van der Waals surface area contributed by atoms with Gasteiger partial charge in [0.2, 0.25) is 5.91 Å². The first-order valence-electron chi connectivity index (χ1n) is 6.17. The van der Waals surface area contributed by atoms with Crippen LogP contribution in [0.25, 0.3) is 6.08 Å². The van der Waals surface area contributed by atoms with Crippen LogP contribution in [0.4, 0.5) is 0 Å². The molecule has 1 amide bonds. The lowest BCUT2D eigenvalue weighted by Gasteiger charge is -2.17. The van der Waals surface area contributed by atoms with E-state index < -0.39 is 5.97 Å². The number of nitrogens with zero attached hydrogens (tertiary/aromatic N) is 1. The van der Waals surface area contributed by atoms with Crippen LogP contribution in [0.3, 0.4) is 0 Å². The summed E-state index contributed by atoms with van der Waals surface area (Å²) in [6.07, 6.45) is 3.21. The maximum Gasteiger partial charge on any atom is 0.325 e. The zero-order valence-corrected chi connectivity index (χ0v) is 11.6. The Morgan fingerprint density at radius 2 is 1.89 bits per heavy atom. The van der Waals surface area contributed by atoms with E-state index >= 15 is 0 Å². The number of aryl methyl sites for hydroxylation is 1. The molecule has 0 heterocycles. The third-order valence-electron chi connectivity index (χ3n) is 2.74. The summed E-state index contributed by atoms with van der Waals surface area (Å²) in [6.45, 7) is 4.27. The van der Waals surface area contributed by atoms with E-state index in [-0.39, 0.29) is 12.5 Å². The van der Waals surface area contributed by atoms with Crippen LogP contribution in [-0.2, 0) is 14.3 Å². The number of ether oxygens (including phenoxy) is 1. The van der Waals surface area contributed by atoms with Gasteiger partial charge in [-0.3, -0.25) is 9.59 Å². The minimum absolute atomic E-state index is 0.0237. The predicted molar refractivity (Wildman–Crippen MR) is 74.5 cm³/mol. The minimum Gasteiger partial charge on any atom is -0.468 e. The number of methoxy groups -OCH3 is 1. The molecule has 1 aromatic rings. The Bertz CT molecular complexity index is 463. The van der Waals surface area contributed by atoms with Gasteiger partial charge in [-0.2, -0.15) is 0 Å². The normalized spacial score (nSPS) is 10.5. The Morgan fingerprint density at radius 1 is 1.26 bits per heavy atom. The van der Waals surface area contributed by atoms with Gasteiger partial charge in [0.25, 0.3) is 0 Å². The summed E-state index contributed by atoms with van der Waals surface area (Å²) < 4.78 is 4.55. The molecule has 0 saturated carbocycles. The molecule has 0 aliphatic heterocycles. The zero-order valence-electron chi connectivity index (χ0n) is 11.6. The SMILES string of the molecule is CCN(CC(=O)OC)C(=O)C=Cc1ccc(C)cc1. The Morgan fingerprint density at radius 3 is 2.42 bits per heavy atom. The number of rotatable bonds is 5. The standard InChI is InChI=1S/C15H19NO3/c1-4-16(11-15(18)19-3)14(17)10-9-13-7-5-12(2)6-8-13/h5-10H,4,11H2,1-3H3. The first kappa shape index (κ1) is 15.0. The summed E-state index contributed by atoms with van der Waals surface area (Å²) in [5, 5.41) is 0. The Balaban J connectivity index is 2.66. The van der Waals surface area contributed by atoms with E-state index in [4.69, 9.17) is 0 Å². The molecule has 0 fully saturated rings. The van der Waals surface area contributed by atoms with Crippen LogP contribution in [0.1, 0.15) is 18.1 Å². The molecular weight excluding hydrogens is 242 g/mol. The van der Waals surface area contributed by atoms with E-state index in [1.165, 1.54) is 23.6 Å². The lowest BCUT2D eigenvalue weighted by Crippen LogP contribution is -2.34. The largest absolute Gasteiger partial charge is 0.468 e. The van der Waals surface area contributed by atoms with E-state index in [2.05, 4.69) is 4.74 Å². The van der Waals surface area contributed by atoms with Crippen molar-refractivity contribution in [3.05, 3.63) is 41.5 Å². The molecule has 0 saturated heterocycles. The molecule has 102 valence electrons. The fourth-order valence-electron chi connectivity index (χ4n) is 1.52. The number of amides is 1. The first-order chi connectivity index (χ1) is 9.06. The number of carbonyl (C=O) groups is 2. The second-order valence-corrected chi connectivity index (χ2v) is 4.17. The molecule has 0 unspecified atom stereocenters. The van der Waals surface area contributed by atoms with Gasteiger partial charge in [0.15, 0.2) is 0 Å². The molecule has 0 bridgehead atoms. The Hall–Kier alpha value is -2.10. The lowest BCUT2D eigenvalue weighted by molar-refractivity contribution is -0.145.